The van der Waals surface area contributed by atoms with Gasteiger partial charge in [-0.2, -0.15) is 0 Å². The predicted molar refractivity (Wildman–Crippen MR) is 53.8 cm³/mol. The second-order valence-corrected chi connectivity index (χ2v) is 3.79. The third kappa shape index (κ3) is 0.988. The van der Waals surface area contributed by atoms with Crippen LogP contribution in [0.25, 0.3) is 11.4 Å². The van der Waals surface area contributed by atoms with Gasteiger partial charge in [-0.3, -0.25) is 9.55 Å². The van der Waals surface area contributed by atoms with Crippen LogP contribution < -0.4 is 4.74 Å². The van der Waals surface area contributed by atoms with Gasteiger partial charge >= 0.3 is 0 Å². The van der Waals surface area contributed by atoms with E-state index in [9.17, 15) is 0 Å². The smallest absolute Gasteiger partial charge is 0.167 e. The Labute approximate surface area is 88.7 Å². The van der Waals surface area contributed by atoms with Crippen molar-refractivity contribution in [3.8, 4) is 17.1 Å². The molecule has 0 fully saturated rings. The van der Waals surface area contributed by atoms with Crippen LogP contribution in [0.4, 0.5) is 0 Å². The Morgan fingerprint density at radius 1 is 1.43 bits per heavy atom. The molecule has 3 heterocycles. The highest BCUT2D eigenvalue weighted by Crippen LogP contribution is 2.33. The van der Waals surface area contributed by atoms with Gasteiger partial charge in [-0.15, -0.1) is 0 Å². The lowest BCUT2D eigenvalue weighted by Gasteiger charge is -2.18. The molecule has 5 heteroatoms. The lowest BCUT2D eigenvalue weighted by molar-refractivity contribution is 0.227. The predicted octanol–water partition coefficient (Wildman–Crippen LogP) is 2.06. The topological polar surface area (TPSA) is 39.9 Å². The number of pyridine rings is 1. The fourth-order valence-corrected chi connectivity index (χ4v) is 1.88. The van der Waals surface area contributed by atoms with Crippen LogP contribution in [0, 0.1) is 0 Å². The van der Waals surface area contributed by atoms with Gasteiger partial charge < -0.3 is 4.74 Å². The molecule has 1 aliphatic heterocycles. The van der Waals surface area contributed by atoms with Crippen LogP contribution in [-0.2, 0) is 6.73 Å². The molecule has 0 aliphatic carbocycles. The van der Waals surface area contributed by atoms with Crippen LogP contribution in [0.5, 0.6) is 5.75 Å². The number of rotatable bonds is 0. The standard InChI is InChI=1S/C9H6BrN3O/c10-8-4-12-9-6-3-11-2-1-7(6)14-5-13(8)9/h1-4H,5H2. The van der Waals surface area contributed by atoms with E-state index in [1.807, 2.05) is 10.6 Å². The largest absolute Gasteiger partial charge is 0.472 e. The van der Waals surface area contributed by atoms with E-state index in [1.165, 1.54) is 0 Å². The van der Waals surface area contributed by atoms with Crippen molar-refractivity contribution in [2.45, 2.75) is 6.73 Å². The molecular weight excluding hydrogens is 246 g/mol. The summed E-state index contributed by atoms with van der Waals surface area (Å²) < 4.78 is 8.41. The van der Waals surface area contributed by atoms with E-state index in [0.717, 1.165) is 21.7 Å². The van der Waals surface area contributed by atoms with E-state index in [-0.39, 0.29) is 0 Å². The van der Waals surface area contributed by atoms with Crippen LogP contribution in [0.3, 0.4) is 0 Å². The number of aromatic nitrogens is 3. The van der Waals surface area contributed by atoms with E-state index in [1.54, 1.807) is 18.6 Å². The first-order valence-corrected chi connectivity index (χ1v) is 4.94. The molecule has 0 saturated heterocycles. The van der Waals surface area contributed by atoms with Crippen molar-refractivity contribution in [3.63, 3.8) is 0 Å². The van der Waals surface area contributed by atoms with Gasteiger partial charge in [0.25, 0.3) is 0 Å². The highest BCUT2D eigenvalue weighted by molar-refractivity contribution is 9.10. The Balaban J connectivity index is 2.29. The number of hydrogen-bond acceptors (Lipinski definition) is 3. The number of halogens is 1. The first-order chi connectivity index (χ1) is 6.86. The molecule has 0 radical (unpaired) electrons. The quantitative estimate of drug-likeness (QED) is 0.720. The highest BCUT2D eigenvalue weighted by atomic mass is 79.9. The van der Waals surface area contributed by atoms with E-state index in [2.05, 4.69) is 25.9 Å². The van der Waals surface area contributed by atoms with Crippen LogP contribution >= 0.6 is 15.9 Å². The monoisotopic (exact) mass is 251 g/mol. The minimum Gasteiger partial charge on any atom is -0.472 e. The SMILES string of the molecule is Brc1cnc2n1COc1ccncc1-2. The fourth-order valence-electron chi connectivity index (χ4n) is 1.50. The first kappa shape index (κ1) is 7.99. The Hall–Kier alpha value is -1.36. The van der Waals surface area contributed by atoms with Crippen LogP contribution in [-0.4, -0.2) is 14.5 Å². The first-order valence-electron chi connectivity index (χ1n) is 4.14. The molecule has 3 rings (SSSR count). The molecule has 0 atom stereocenters. The third-order valence-electron chi connectivity index (χ3n) is 2.18. The van der Waals surface area contributed by atoms with Crippen LogP contribution in [0.2, 0.25) is 0 Å². The summed E-state index contributed by atoms with van der Waals surface area (Å²) in [5.41, 5.74) is 0.935. The van der Waals surface area contributed by atoms with Crippen molar-refractivity contribution in [2.24, 2.45) is 0 Å². The number of ether oxygens (including phenoxy) is 1. The normalized spacial score (nSPS) is 12.9. The minimum absolute atomic E-state index is 0.493. The van der Waals surface area contributed by atoms with E-state index in [4.69, 9.17) is 4.74 Å². The summed E-state index contributed by atoms with van der Waals surface area (Å²) in [5.74, 6) is 1.73. The summed E-state index contributed by atoms with van der Waals surface area (Å²) >= 11 is 3.40. The summed E-state index contributed by atoms with van der Waals surface area (Å²) in [6, 6.07) is 1.85. The Kier molecular flexibility index (Phi) is 1.61. The lowest BCUT2D eigenvalue weighted by atomic mass is 10.2. The molecule has 2 aromatic rings. The molecular formula is C9H6BrN3O. The average molecular weight is 252 g/mol. The van der Waals surface area contributed by atoms with Gasteiger partial charge in [0, 0.05) is 12.4 Å². The molecule has 14 heavy (non-hydrogen) atoms. The molecule has 0 unspecified atom stereocenters. The second kappa shape index (κ2) is 2.81. The Morgan fingerprint density at radius 3 is 3.29 bits per heavy atom. The zero-order valence-corrected chi connectivity index (χ0v) is 8.73. The van der Waals surface area contributed by atoms with Crippen molar-refractivity contribution < 1.29 is 4.74 Å². The maximum absolute atomic E-state index is 5.54. The third-order valence-corrected chi connectivity index (χ3v) is 2.81. The van der Waals surface area contributed by atoms with Gasteiger partial charge in [-0.25, -0.2) is 4.98 Å². The van der Waals surface area contributed by atoms with Gasteiger partial charge in [0.05, 0.1) is 11.8 Å². The zero-order chi connectivity index (χ0) is 9.54. The summed E-state index contributed by atoms with van der Waals surface area (Å²) in [7, 11) is 0. The molecule has 0 bridgehead atoms. The number of fused-ring (bicyclic) bond motifs is 3. The summed E-state index contributed by atoms with van der Waals surface area (Å²) in [6.07, 6.45) is 5.24. The summed E-state index contributed by atoms with van der Waals surface area (Å²) in [5, 5.41) is 0. The lowest BCUT2D eigenvalue weighted by Crippen LogP contribution is -2.13. The fraction of sp³-hybridized carbons (Fsp3) is 0.111. The maximum Gasteiger partial charge on any atom is 0.167 e. The Bertz CT molecular complexity index is 495. The molecule has 0 N–H and O–H groups in total. The average Bonchev–Trinajstić information content (AvgIpc) is 2.61. The van der Waals surface area contributed by atoms with Crippen LogP contribution in [0.1, 0.15) is 0 Å². The zero-order valence-electron chi connectivity index (χ0n) is 7.14. The number of imidazole rings is 1. The number of hydrogen-bond donors (Lipinski definition) is 0. The van der Waals surface area contributed by atoms with Crippen molar-refractivity contribution >= 4 is 15.9 Å². The van der Waals surface area contributed by atoms with Gasteiger partial charge in [0.15, 0.2) is 6.73 Å². The molecule has 2 aromatic heterocycles. The van der Waals surface area contributed by atoms with E-state index >= 15 is 0 Å². The number of nitrogens with zero attached hydrogens (tertiary/aromatic N) is 3. The molecule has 4 nitrogen and oxygen atoms in total. The molecule has 0 saturated carbocycles. The molecule has 0 amide bonds. The van der Waals surface area contributed by atoms with Gasteiger partial charge in [0.1, 0.15) is 16.2 Å². The van der Waals surface area contributed by atoms with Crippen molar-refractivity contribution in [3.05, 3.63) is 29.3 Å². The molecule has 0 spiro atoms. The second-order valence-electron chi connectivity index (χ2n) is 2.98. The van der Waals surface area contributed by atoms with Gasteiger partial charge in [0.2, 0.25) is 0 Å². The minimum atomic E-state index is 0.493. The van der Waals surface area contributed by atoms with Crippen molar-refractivity contribution in [2.75, 3.05) is 0 Å². The van der Waals surface area contributed by atoms with E-state index in [0.29, 0.717) is 6.73 Å². The van der Waals surface area contributed by atoms with E-state index < -0.39 is 0 Å². The van der Waals surface area contributed by atoms with Crippen molar-refractivity contribution in [1.82, 2.24) is 14.5 Å². The van der Waals surface area contributed by atoms with Crippen LogP contribution in [0.15, 0.2) is 29.3 Å². The summed E-state index contributed by atoms with van der Waals surface area (Å²) in [6.45, 7) is 0.493. The maximum atomic E-state index is 5.54. The molecule has 1 aliphatic rings. The highest BCUT2D eigenvalue weighted by Gasteiger charge is 2.19. The van der Waals surface area contributed by atoms with Gasteiger partial charge in [-0.1, -0.05) is 0 Å². The van der Waals surface area contributed by atoms with Gasteiger partial charge in [-0.05, 0) is 22.0 Å². The summed E-state index contributed by atoms with van der Waals surface area (Å²) in [4.78, 5) is 8.35. The van der Waals surface area contributed by atoms with Crippen molar-refractivity contribution in [1.29, 1.82) is 0 Å². The molecule has 70 valence electrons. The Morgan fingerprint density at radius 2 is 2.36 bits per heavy atom. The molecule has 0 aromatic carbocycles.